The first-order valence-electron chi connectivity index (χ1n) is 21.4. The molecule has 5 N–H and O–H groups in total. The predicted octanol–water partition coefficient (Wildman–Crippen LogP) is 10.1. The number of carboxylic acid groups (broad SMARTS) is 1. The van der Waals surface area contributed by atoms with Gasteiger partial charge in [0.05, 0.1) is 19.3 Å². The van der Waals surface area contributed by atoms with Gasteiger partial charge in [0.15, 0.2) is 6.10 Å². The van der Waals surface area contributed by atoms with E-state index in [1.54, 1.807) is 0 Å². The lowest BCUT2D eigenvalue weighted by molar-refractivity contribution is -0.161. The first-order valence-corrected chi connectivity index (χ1v) is 22.9. The maximum absolute atomic E-state index is 12.6. The number of allylic oxidation sites excluding steroid dienone is 9. The van der Waals surface area contributed by atoms with Gasteiger partial charge in [0, 0.05) is 12.8 Å². The Morgan fingerprint density at radius 3 is 1.70 bits per heavy atom. The molecular weight excluding hydrogens is 749 g/mol. The van der Waals surface area contributed by atoms with Crippen molar-refractivity contribution >= 4 is 25.7 Å². The topological polar surface area (TPSA) is 192 Å². The number of carboxylic acids is 1. The zero-order valence-corrected chi connectivity index (χ0v) is 35.9. The summed E-state index contributed by atoms with van der Waals surface area (Å²) in [7, 11) is -4.74. The number of phosphoric ester groups is 1. The maximum Gasteiger partial charge on any atom is 0.472 e. The standard InChI is InChI=1S/C44H76NO11P/c1-3-5-6-7-8-9-10-11-12-15-19-22-25-28-31-35-43(48)56-40(37-54-57(51,52)55-38-41(45)44(49)50)36-53-42(47)34-30-27-24-21-18-16-13-14-17-20-23-26-29-33-39(46)32-4-2/h11-13,16-17,20-21,24,26,29,39-41,46H,3-10,14-15,18-19,22-23,25,27-28,30-38,45H2,1-2H3,(H,49,50)(H,51,52)/b12-11-,16-13-,20-17-,24-21-,29-26-/t39?,40-,41+/m1/s1. The van der Waals surface area contributed by atoms with Crippen LogP contribution in [-0.4, -0.2) is 71.1 Å². The Bertz CT molecular complexity index is 1220. The molecule has 0 aliphatic rings. The van der Waals surface area contributed by atoms with Gasteiger partial charge in [-0.05, 0) is 77.0 Å². The molecule has 0 aromatic rings. The van der Waals surface area contributed by atoms with Crippen molar-refractivity contribution in [2.75, 3.05) is 19.8 Å². The van der Waals surface area contributed by atoms with Crippen LogP contribution in [0.1, 0.15) is 162 Å². The highest BCUT2D eigenvalue weighted by Gasteiger charge is 2.28. The second kappa shape index (κ2) is 38.6. The summed E-state index contributed by atoms with van der Waals surface area (Å²) in [6.45, 7) is 2.51. The SMILES string of the molecule is CCCCCCCC/C=C\CCCCCCCC(=O)O[C@H](COC(=O)CCC/C=C\C/C=C\C/C=C\C/C=C\CC(O)CCC)COP(=O)(O)OC[C@H](N)C(=O)O. The van der Waals surface area contributed by atoms with Crippen LogP contribution in [0, 0.1) is 0 Å². The van der Waals surface area contributed by atoms with Crippen LogP contribution in [0.4, 0.5) is 0 Å². The van der Waals surface area contributed by atoms with Crippen LogP contribution < -0.4 is 5.73 Å². The number of hydrogen-bond acceptors (Lipinski definition) is 10. The molecule has 0 aromatic heterocycles. The number of phosphoric acid groups is 1. The second-order valence-corrected chi connectivity index (χ2v) is 15.8. The Kier molecular flexibility index (Phi) is 36.7. The Labute approximate surface area is 343 Å². The average Bonchev–Trinajstić information content (AvgIpc) is 3.18. The van der Waals surface area contributed by atoms with Gasteiger partial charge in [-0.15, -0.1) is 0 Å². The third kappa shape index (κ3) is 38.4. The van der Waals surface area contributed by atoms with Crippen molar-refractivity contribution in [3.8, 4) is 0 Å². The Morgan fingerprint density at radius 2 is 1.11 bits per heavy atom. The molecule has 12 nitrogen and oxygen atoms in total. The number of unbranched alkanes of at least 4 members (excludes halogenated alkanes) is 12. The minimum atomic E-state index is -4.74. The highest BCUT2D eigenvalue weighted by Crippen LogP contribution is 2.43. The Morgan fingerprint density at radius 1 is 0.614 bits per heavy atom. The highest BCUT2D eigenvalue weighted by molar-refractivity contribution is 7.47. The van der Waals surface area contributed by atoms with Crippen LogP contribution >= 0.6 is 7.82 Å². The van der Waals surface area contributed by atoms with Gasteiger partial charge in [-0.1, -0.05) is 132 Å². The number of aliphatic carboxylic acids is 1. The summed E-state index contributed by atoms with van der Waals surface area (Å²) in [4.78, 5) is 45.9. The summed E-state index contributed by atoms with van der Waals surface area (Å²) >= 11 is 0. The van der Waals surface area contributed by atoms with E-state index in [1.165, 1.54) is 38.5 Å². The van der Waals surface area contributed by atoms with Crippen molar-refractivity contribution in [2.24, 2.45) is 5.73 Å². The number of hydrogen-bond donors (Lipinski definition) is 4. The maximum atomic E-state index is 12.6. The fourth-order valence-corrected chi connectivity index (χ4v) is 6.20. The molecule has 0 aliphatic carbocycles. The lowest BCUT2D eigenvalue weighted by atomic mass is 10.1. The van der Waals surface area contributed by atoms with Gasteiger partial charge in [0.25, 0.3) is 0 Å². The molecule has 0 saturated carbocycles. The number of rotatable bonds is 39. The van der Waals surface area contributed by atoms with E-state index in [1.807, 2.05) is 18.2 Å². The molecule has 57 heavy (non-hydrogen) atoms. The molecule has 0 aromatic carbocycles. The Balaban J connectivity index is 4.51. The number of nitrogens with two attached hydrogens (primary N) is 1. The monoisotopic (exact) mass is 826 g/mol. The molecule has 0 rings (SSSR count). The molecule has 0 spiro atoms. The number of ether oxygens (including phenoxy) is 2. The molecular formula is C44H76NO11P. The number of aliphatic hydroxyl groups excluding tert-OH is 1. The van der Waals surface area contributed by atoms with Crippen LogP contribution in [0.3, 0.4) is 0 Å². The summed E-state index contributed by atoms with van der Waals surface area (Å²) < 4.78 is 32.6. The zero-order chi connectivity index (χ0) is 42.2. The second-order valence-electron chi connectivity index (χ2n) is 14.3. The summed E-state index contributed by atoms with van der Waals surface area (Å²) in [5, 5.41) is 18.6. The van der Waals surface area contributed by atoms with Crippen molar-refractivity contribution in [2.45, 2.75) is 180 Å². The third-order valence-corrected chi connectivity index (χ3v) is 9.74. The molecule has 0 aliphatic heterocycles. The average molecular weight is 826 g/mol. The molecule has 13 heteroatoms. The number of aliphatic hydroxyl groups is 1. The largest absolute Gasteiger partial charge is 0.480 e. The van der Waals surface area contributed by atoms with Crippen LogP contribution in [0.5, 0.6) is 0 Å². The molecule has 328 valence electrons. The third-order valence-electron chi connectivity index (χ3n) is 8.79. The highest BCUT2D eigenvalue weighted by atomic mass is 31.2. The van der Waals surface area contributed by atoms with Crippen molar-refractivity contribution in [1.29, 1.82) is 0 Å². The molecule has 0 radical (unpaired) electrons. The fraction of sp³-hybridized carbons (Fsp3) is 0.705. The van der Waals surface area contributed by atoms with Gasteiger partial charge in [-0.25, -0.2) is 4.57 Å². The van der Waals surface area contributed by atoms with Gasteiger partial charge < -0.3 is 30.3 Å². The van der Waals surface area contributed by atoms with Crippen molar-refractivity contribution in [1.82, 2.24) is 0 Å². The number of carbonyl (C=O) groups excluding carboxylic acids is 2. The van der Waals surface area contributed by atoms with E-state index >= 15 is 0 Å². The van der Waals surface area contributed by atoms with E-state index < -0.39 is 51.1 Å². The first kappa shape index (κ1) is 54.1. The van der Waals surface area contributed by atoms with E-state index in [-0.39, 0.29) is 25.6 Å². The van der Waals surface area contributed by atoms with E-state index in [9.17, 15) is 28.9 Å². The number of esters is 2. The lowest BCUT2D eigenvalue weighted by Gasteiger charge is -2.20. The zero-order valence-electron chi connectivity index (χ0n) is 35.0. The predicted molar refractivity (Wildman–Crippen MR) is 227 cm³/mol. The molecule has 0 fully saturated rings. The van der Waals surface area contributed by atoms with Crippen molar-refractivity contribution in [3.05, 3.63) is 60.8 Å². The quantitative estimate of drug-likeness (QED) is 0.0199. The lowest BCUT2D eigenvalue weighted by Crippen LogP contribution is -2.34. The van der Waals surface area contributed by atoms with E-state index in [4.69, 9.17) is 24.8 Å². The van der Waals surface area contributed by atoms with Crippen LogP contribution in [0.25, 0.3) is 0 Å². The minimum Gasteiger partial charge on any atom is -0.480 e. The summed E-state index contributed by atoms with van der Waals surface area (Å²) in [5.74, 6) is -2.49. The first-order chi connectivity index (χ1) is 27.5. The van der Waals surface area contributed by atoms with Gasteiger partial charge in [0.2, 0.25) is 0 Å². The van der Waals surface area contributed by atoms with Gasteiger partial charge >= 0.3 is 25.7 Å². The van der Waals surface area contributed by atoms with Gasteiger partial charge in [0.1, 0.15) is 12.6 Å². The molecule has 0 amide bonds. The fourth-order valence-electron chi connectivity index (χ4n) is 5.42. The molecule has 0 saturated heterocycles. The van der Waals surface area contributed by atoms with Crippen LogP contribution in [-0.2, 0) is 37.5 Å². The van der Waals surface area contributed by atoms with E-state index in [0.29, 0.717) is 25.7 Å². The van der Waals surface area contributed by atoms with Gasteiger partial charge in [-0.2, -0.15) is 0 Å². The summed E-state index contributed by atoms with van der Waals surface area (Å²) in [6.07, 6.45) is 40.7. The van der Waals surface area contributed by atoms with Crippen LogP contribution in [0.15, 0.2) is 60.8 Å². The summed E-state index contributed by atoms with van der Waals surface area (Å²) in [6, 6.07) is -1.54. The van der Waals surface area contributed by atoms with E-state index in [0.717, 1.165) is 70.6 Å². The van der Waals surface area contributed by atoms with Crippen LogP contribution in [0.2, 0.25) is 0 Å². The normalized spacial score (nSPS) is 14.9. The molecule has 2 unspecified atom stereocenters. The van der Waals surface area contributed by atoms with Crippen molar-refractivity contribution in [3.63, 3.8) is 0 Å². The van der Waals surface area contributed by atoms with Crippen molar-refractivity contribution < 1.29 is 52.6 Å². The van der Waals surface area contributed by atoms with Gasteiger partial charge in [-0.3, -0.25) is 23.4 Å². The Hall–Kier alpha value is -2.86. The molecule has 4 atom stereocenters. The smallest absolute Gasteiger partial charge is 0.472 e. The van der Waals surface area contributed by atoms with E-state index in [2.05, 4.69) is 60.9 Å². The molecule has 0 heterocycles. The molecule has 0 bridgehead atoms. The minimum absolute atomic E-state index is 0.127. The number of carbonyl (C=O) groups is 3. The summed E-state index contributed by atoms with van der Waals surface area (Å²) in [5.41, 5.74) is 5.32.